The maximum atomic E-state index is 12.7. The lowest BCUT2D eigenvalue weighted by Crippen LogP contribution is -2.61. The summed E-state index contributed by atoms with van der Waals surface area (Å²) in [7, 11) is 0. The summed E-state index contributed by atoms with van der Waals surface area (Å²) in [5.74, 6) is 0.221. The largest absolute Gasteiger partial charge is 0.444 e. The van der Waals surface area contributed by atoms with Crippen LogP contribution in [0, 0.1) is 5.92 Å². The summed E-state index contributed by atoms with van der Waals surface area (Å²) >= 11 is 0. The van der Waals surface area contributed by atoms with E-state index in [-0.39, 0.29) is 30.1 Å². The van der Waals surface area contributed by atoms with Crippen LogP contribution < -0.4 is 5.73 Å². The second kappa shape index (κ2) is 7.05. The number of carbonyl (C=O) groups is 2. The minimum atomic E-state index is -0.532. The van der Waals surface area contributed by atoms with Gasteiger partial charge in [0.2, 0.25) is 0 Å². The van der Waals surface area contributed by atoms with Crippen molar-refractivity contribution in [1.82, 2.24) is 9.80 Å². The predicted octanol–water partition coefficient (Wildman–Crippen LogP) is 0.818. The Labute approximate surface area is 138 Å². The van der Waals surface area contributed by atoms with Crippen LogP contribution in [0.25, 0.3) is 0 Å². The molecule has 0 aromatic heterocycles. The molecule has 2 heterocycles. The number of carbonyl (C=O) groups excluding carboxylic acids is 2. The molecule has 23 heavy (non-hydrogen) atoms. The Morgan fingerprint density at radius 3 is 2.52 bits per heavy atom. The number of hydrogen-bond donors (Lipinski definition) is 1. The second-order valence-corrected chi connectivity index (χ2v) is 7.40. The molecule has 0 spiro atoms. The highest BCUT2D eigenvalue weighted by atomic mass is 16.6. The van der Waals surface area contributed by atoms with Crippen LogP contribution in [0.1, 0.15) is 34.1 Å². The Bertz CT molecular complexity index is 449. The Hall–Kier alpha value is -1.34. The normalized spacial score (nSPS) is 28.8. The van der Waals surface area contributed by atoms with Gasteiger partial charge in [0.15, 0.2) is 0 Å². The fraction of sp³-hybridized carbons (Fsp3) is 0.875. The van der Waals surface area contributed by atoms with E-state index in [1.807, 2.05) is 27.7 Å². The molecule has 7 heteroatoms. The molecular weight excluding hydrogens is 298 g/mol. The summed E-state index contributed by atoms with van der Waals surface area (Å²) in [4.78, 5) is 28.3. The van der Waals surface area contributed by atoms with Gasteiger partial charge in [0, 0.05) is 32.8 Å². The smallest absolute Gasteiger partial charge is 0.410 e. The third kappa shape index (κ3) is 4.35. The van der Waals surface area contributed by atoms with Gasteiger partial charge >= 0.3 is 6.09 Å². The van der Waals surface area contributed by atoms with E-state index in [1.54, 1.807) is 9.80 Å². The van der Waals surface area contributed by atoms with Crippen molar-refractivity contribution in [1.29, 1.82) is 0 Å². The number of piperazine rings is 1. The zero-order valence-corrected chi connectivity index (χ0v) is 14.6. The van der Waals surface area contributed by atoms with E-state index in [9.17, 15) is 9.59 Å². The fourth-order valence-corrected chi connectivity index (χ4v) is 3.01. The first-order valence-corrected chi connectivity index (χ1v) is 8.33. The molecule has 0 aromatic carbocycles. The second-order valence-electron chi connectivity index (χ2n) is 7.40. The maximum absolute atomic E-state index is 12.7. The van der Waals surface area contributed by atoms with Crippen molar-refractivity contribution in [3.63, 3.8) is 0 Å². The van der Waals surface area contributed by atoms with Gasteiger partial charge in [0.1, 0.15) is 11.7 Å². The number of hydrogen-bond acceptors (Lipinski definition) is 5. The summed E-state index contributed by atoms with van der Waals surface area (Å²) in [5, 5.41) is 0. The molecule has 2 aliphatic rings. The summed E-state index contributed by atoms with van der Waals surface area (Å²) in [6.07, 6.45) is 0.173. The van der Waals surface area contributed by atoms with Crippen LogP contribution in [0.2, 0.25) is 0 Å². The summed E-state index contributed by atoms with van der Waals surface area (Å²) in [5.41, 5.74) is 5.31. The van der Waals surface area contributed by atoms with Gasteiger partial charge in [0.05, 0.1) is 6.04 Å². The van der Waals surface area contributed by atoms with Crippen LogP contribution in [0.3, 0.4) is 0 Å². The zero-order valence-electron chi connectivity index (χ0n) is 14.6. The number of rotatable bonds is 2. The van der Waals surface area contributed by atoms with Crippen LogP contribution in [-0.2, 0) is 14.3 Å². The highest BCUT2D eigenvalue weighted by molar-refractivity contribution is 5.82. The molecule has 2 saturated heterocycles. The number of amides is 2. The summed E-state index contributed by atoms with van der Waals surface area (Å²) < 4.78 is 11.0. The molecular formula is C16H29N3O4. The van der Waals surface area contributed by atoms with Gasteiger partial charge in [0.25, 0.3) is 5.91 Å². The molecule has 132 valence electrons. The van der Waals surface area contributed by atoms with Crippen LogP contribution in [0.15, 0.2) is 0 Å². The van der Waals surface area contributed by atoms with Gasteiger partial charge < -0.3 is 25.0 Å². The SMILES string of the molecule is CC1CCOC1C(=O)N1CCN(C(=O)OC(C)(C)C)CC1CN. The number of ether oxygens (including phenoxy) is 2. The average Bonchev–Trinajstić information content (AvgIpc) is 2.90. The van der Waals surface area contributed by atoms with Gasteiger partial charge in [-0.05, 0) is 33.1 Å². The van der Waals surface area contributed by atoms with E-state index >= 15 is 0 Å². The standard InChI is InChI=1S/C16H29N3O4/c1-11-5-8-22-13(11)14(20)19-7-6-18(10-12(19)9-17)15(21)23-16(2,3)4/h11-13H,5-10,17H2,1-4H3. The van der Waals surface area contributed by atoms with Crippen LogP contribution in [0.4, 0.5) is 4.79 Å². The monoisotopic (exact) mass is 327 g/mol. The lowest BCUT2D eigenvalue weighted by molar-refractivity contribution is -0.147. The van der Waals surface area contributed by atoms with E-state index < -0.39 is 5.60 Å². The maximum Gasteiger partial charge on any atom is 0.410 e. The lowest BCUT2D eigenvalue weighted by atomic mass is 10.0. The summed E-state index contributed by atoms with van der Waals surface area (Å²) in [6.45, 7) is 9.81. The van der Waals surface area contributed by atoms with Gasteiger partial charge in [-0.3, -0.25) is 4.79 Å². The highest BCUT2D eigenvalue weighted by Gasteiger charge is 2.39. The molecule has 0 bridgehead atoms. The molecule has 3 unspecified atom stereocenters. The molecule has 2 aliphatic heterocycles. The summed E-state index contributed by atoms with van der Waals surface area (Å²) in [6, 6.07) is -0.194. The predicted molar refractivity (Wildman–Crippen MR) is 85.9 cm³/mol. The van der Waals surface area contributed by atoms with E-state index in [0.29, 0.717) is 32.8 Å². The molecule has 3 atom stereocenters. The van der Waals surface area contributed by atoms with Crippen molar-refractivity contribution >= 4 is 12.0 Å². The number of nitrogens with two attached hydrogens (primary N) is 1. The molecule has 0 aromatic rings. The van der Waals surface area contributed by atoms with E-state index in [2.05, 4.69) is 0 Å². The van der Waals surface area contributed by atoms with E-state index in [0.717, 1.165) is 6.42 Å². The Balaban J connectivity index is 1.99. The third-order valence-corrected chi connectivity index (χ3v) is 4.32. The van der Waals surface area contributed by atoms with Crippen molar-refractivity contribution in [2.75, 3.05) is 32.8 Å². The van der Waals surface area contributed by atoms with Crippen LogP contribution >= 0.6 is 0 Å². The van der Waals surface area contributed by atoms with E-state index in [1.165, 1.54) is 0 Å². The molecule has 2 rings (SSSR count). The Kier molecular flexibility index (Phi) is 5.52. The van der Waals surface area contributed by atoms with Gasteiger partial charge in [-0.1, -0.05) is 6.92 Å². The Morgan fingerprint density at radius 2 is 2.00 bits per heavy atom. The van der Waals surface area contributed by atoms with E-state index in [4.69, 9.17) is 15.2 Å². The van der Waals surface area contributed by atoms with Crippen molar-refractivity contribution < 1.29 is 19.1 Å². The van der Waals surface area contributed by atoms with Gasteiger partial charge in [-0.2, -0.15) is 0 Å². The van der Waals surface area contributed by atoms with Crippen molar-refractivity contribution in [2.45, 2.75) is 51.9 Å². The van der Waals surface area contributed by atoms with Crippen molar-refractivity contribution in [3.05, 3.63) is 0 Å². The highest BCUT2D eigenvalue weighted by Crippen LogP contribution is 2.24. The number of nitrogens with zero attached hydrogens (tertiary/aromatic N) is 2. The quantitative estimate of drug-likeness (QED) is 0.811. The molecule has 0 aliphatic carbocycles. The molecule has 0 radical (unpaired) electrons. The zero-order chi connectivity index (χ0) is 17.2. The molecule has 7 nitrogen and oxygen atoms in total. The Morgan fingerprint density at radius 1 is 1.30 bits per heavy atom. The minimum Gasteiger partial charge on any atom is -0.444 e. The lowest BCUT2D eigenvalue weighted by Gasteiger charge is -2.42. The molecule has 2 amide bonds. The fourth-order valence-electron chi connectivity index (χ4n) is 3.01. The van der Waals surface area contributed by atoms with Gasteiger partial charge in [-0.25, -0.2) is 4.79 Å². The van der Waals surface area contributed by atoms with Crippen molar-refractivity contribution in [2.24, 2.45) is 11.7 Å². The first-order chi connectivity index (χ1) is 10.7. The third-order valence-electron chi connectivity index (χ3n) is 4.32. The van der Waals surface area contributed by atoms with Crippen LogP contribution in [0.5, 0.6) is 0 Å². The minimum absolute atomic E-state index is 0.00529. The topological polar surface area (TPSA) is 85.1 Å². The van der Waals surface area contributed by atoms with Crippen molar-refractivity contribution in [3.8, 4) is 0 Å². The first-order valence-electron chi connectivity index (χ1n) is 8.33. The molecule has 0 saturated carbocycles. The molecule has 2 fully saturated rings. The average molecular weight is 327 g/mol. The van der Waals surface area contributed by atoms with Crippen LogP contribution in [-0.4, -0.2) is 72.3 Å². The first kappa shape index (κ1) is 18.0. The molecule has 2 N–H and O–H groups in total. The van der Waals surface area contributed by atoms with Gasteiger partial charge in [-0.15, -0.1) is 0 Å².